The van der Waals surface area contributed by atoms with Crippen molar-refractivity contribution in [3.05, 3.63) is 29.8 Å². The number of carbonyl (C=O) groups is 1. The van der Waals surface area contributed by atoms with Crippen molar-refractivity contribution in [2.24, 2.45) is 0 Å². The SMILES string of the molecule is CCC[C@H](NS(=O)(=O)c1cccc(C#N)c1)C(=O)O. The molecule has 0 unspecified atom stereocenters. The summed E-state index contributed by atoms with van der Waals surface area (Å²) in [6.07, 6.45) is 0.740. The summed E-state index contributed by atoms with van der Waals surface area (Å²) in [5, 5.41) is 17.7. The summed E-state index contributed by atoms with van der Waals surface area (Å²) in [4.78, 5) is 10.8. The minimum Gasteiger partial charge on any atom is -0.480 e. The van der Waals surface area contributed by atoms with Crippen molar-refractivity contribution in [1.82, 2.24) is 4.72 Å². The van der Waals surface area contributed by atoms with E-state index in [0.29, 0.717) is 6.42 Å². The highest BCUT2D eigenvalue weighted by Crippen LogP contribution is 2.12. The summed E-state index contributed by atoms with van der Waals surface area (Å²) in [6.45, 7) is 1.76. The van der Waals surface area contributed by atoms with Crippen LogP contribution in [-0.4, -0.2) is 25.5 Å². The number of nitrogens with one attached hydrogen (secondary N) is 1. The van der Waals surface area contributed by atoms with Gasteiger partial charge in [-0.05, 0) is 24.6 Å². The molecule has 19 heavy (non-hydrogen) atoms. The van der Waals surface area contributed by atoms with Gasteiger partial charge in [-0.2, -0.15) is 9.98 Å². The lowest BCUT2D eigenvalue weighted by Crippen LogP contribution is -2.40. The van der Waals surface area contributed by atoms with Gasteiger partial charge in [-0.15, -0.1) is 0 Å². The number of nitrogens with zero attached hydrogens (tertiary/aromatic N) is 1. The molecule has 6 nitrogen and oxygen atoms in total. The Balaban J connectivity index is 3.03. The Morgan fingerprint density at radius 3 is 2.74 bits per heavy atom. The van der Waals surface area contributed by atoms with E-state index in [-0.39, 0.29) is 16.9 Å². The zero-order valence-corrected chi connectivity index (χ0v) is 11.1. The first-order valence-electron chi connectivity index (χ1n) is 5.66. The van der Waals surface area contributed by atoms with Crippen LogP contribution in [0.5, 0.6) is 0 Å². The van der Waals surface area contributed by atoms with Crippen LogP contribution in [0.1, 0.15) is 25.3 Å². The number of nitriles is 1. The Morgan fingerprint density at radius 1 is 1.53 bits per heavy atom. The number of sulfonamides is 1. The Morgan fingerprint density at radius 2 is 2.21 bits per heavy atom. The molecule has 0 amide bonds. The monoisotopic (exact) mass is 282 g/mol. The lowest BCUT2D eigenvalue weighted by molar-refractivity contribution is -0.139. The maximum absolute atomic E-state index is 12.0. The number of carboxylic acid groups (broad SMARTS) is 1. The van der Waals surface area contributed by atoms with Gasteiger partial charge >= 0.3 is 5.97 Å². The van der Waals surface area contributed by atoms with Gasteiger partial charge in [0, 0.05) is 0 Å². The Labute approximate surface area is 111 Å². The first kappa shape index (κ1) is 15.1. The van der Waals surface area contributed by atoms with E-state index in [0.717, 1.165) is 0 Å². The van der Waals surface area contributed by atoms with Gasteiger partial charge in [0.1, 0.15) is 6.04 Å². The zero-order chi connectivity index (χ0) is 14.5. The second-order valence-corrected chi connectivity index (χ2v) is 5.65. The van der Waals surface area contributed by atoms with Gasteiger partial charge in [0.2, 0.25) is 10.0 Å². The van der Waals surface area contributed by atoms with E-state index < -0.39 is 22.0 Å². The van der Waals surface area contributed by atoms with Crippen molar-refractivity contribution >= 4 is 16.0 Å². The van der Waals surface area contributed by atoms with Crippen LogP contribution in [0.2, 0.25) is 0 Å². The molecule has 0 bridgehead atoms. The minimum absolute atomic E-state index is 0.117. The van der Waals surface area contributed by atoms with Crippen molar-refractivity contribution in [2.75, 3.05) is 0 Å². The number of carboxylic acids is 1. The normalized spacial score (nSPS) is 12.6. The minimum atomic E-state index is -3.94. The quantitative estimate of drug-likeness (QED) is 0.812. The molecule has 0 aliphatic rings. The van der Waals surface area contributed by atoms with E-state index >= 15 is 0 Å². The second-order valence-electron chi connectivity index (χ2n) is 3.94. The summed E-state index contributed by atoms with van der Waals surface area (Å²) in [6, 6.07) is 6.09. The fourth-order valence-corrected chi connectivity index (χ4v) is 2.78. The van der Waals surface area contributed by atoms with Crippen LogP contribution >= 0.6 is 0 Å². The van der Waals surface area contributed by atoms with Gasteiger partial charge in [0.25, 0.3) is 0 Å². The van der Waals surface area contributed by atoms with Crippen LogP contribution in [0, 0.1) is 11.3 Å². The molecule has 0 saturated carbocycles. The van der Waals surface area contributed by atoms with Crippen molar-refractivity contribution in [2.45, 2.75) is 30.7 Å². The molecule has 0 spiro atoms. The van der Waals surface area contributed by atoms with E-state index in [9.17, 15) is 13.2 Å². The van der Waals surface area contributed by atoms with E-state index in [1.165, 1.54) is 24.3 Å². The zero-order valence-electron chi connectivity index (χ0n) is 10.3. The predicted molar refractivity (Wildman–Crippen MR) is 67.8 cm³/mol. The standard InChI is InChI=1S/C12H14N2O4S/c1-2-4-11(12(15)16)14-19(17,18)10-6-3-5-9(7-10)8-13/h3,5-7,11,14H,2,4H2,1H3,(H,15,16)/t11-/m0/s1. The fourth-order valence-electron chi connectivity index (χ4n) is 1.51. The average molecular weight is 282 g/mol. The summed E-state index contributed by atoms with van der Waals surface area (Å²) in [5.74, 6) is -1.22. The molecular weight excluding hydrogens is 268 g/mol. The maximum atomic E-state index is 12.0. The third kappa shape index (κ3) is 4.05. The molecule has 0 aliphatic heterocycles. The van der Waals surface area contributed by atoms with E-state index in [1.807, 2.05) is 6.07 Å². The van der Waals surface area contributed by atoms with E-state index in [4.69, 9.17) is 10.4 Å². The molecule has 0 saturated heterocycles. The third-order valence-electron chi connectivity index (χ3n) is 2.45. The van der Waals surface area contributed by atoms with Gasteiger partial charge in [-0.25, -0.2) is 8.42 Å². The van der Waals surface area contributed by atoms with Crippen LogP contribution in [0.3, 0.4) is 0 Å². The third-order valence-corrected chi connectivity index (χ3v) is 3.92. The molecule has 0 radical (unpaired) electrons. The fraction of sp³-hybridized carbons (Fsp3) is 0.333. The average Bonchev–Trinajstić information content (AvgIpc) is 2.38. The highest BCUT2D eigenvalue weighted by Gasteiger charge is 2.24. The Kier molecular flexibility index (Phi) is 5.03. The lowest BCUT2D eigenvalue weighted by Gasteiger charge is -2.13. The van der Waals surface area contributed by atoms with Gasteiger partial charge in [0.05, 0.1) is 16.5 Å². The molecule has 1 aromatic carbocycles. The number of hydrogen-bond acceptors (Lipinski definition) is 4. The van der Waals surface area contributed by atoms with E-state index in [2.05, 4.69) is 4.72 Å². The molecule has 1 rings (SSSR count). The first-order chi connectivity index (χ1) is 8.90. The van der Waals surface area contributed by atoms with E-state index in [1.54, 1.807) is 6.92 Å². The van der Waals surface area contributed by atoms with Crippen LogP contribution in [0.15, 0.2) is 29.2 Å². The summed E-state index contributed by atoms with van der Waals surface area (Å²) in [5.41, 5.74) is 0.199. The predicted octanol–water partition coefficient (Wildman–Crippen LogP) is 1.09. The molecule has 7 heteroatoms. The smallest absolute Gasteiger partial charge is 0.321 e. The summed E-state index contributed by atoms with van der Waals surface area (Å²) < 4.78 is 26.1. The summed E-state index contributed by atoms with van der Waals surface area (Å²) in [7, 11) is -3.94. The first-order valence-corrected chi connectivity index (χ1v) is 7.14. The van der Waals surface area contributed by atoms with Crippen molar-refractivity contribution in [3.8, 4) is 6.07 Å². The number of aliphatic carboxylic acids is 1. The molecule has 1 aromatic rings. The van der Waals surface area contributed by atoms with Crippen LogP contribution in [-0.2, 0) is 14.8 Å². The molecule has 0 aliphatic carbocycles. The summed E-state index contributed by atoms with van der Waals surface area (Å²) >= 11 is 0. The van der Waals surface area contributed by atoms with Crippen molar-refractivity contribution in [1.29, 1.82) is 5.26 Å². The number of hydrogen-bond donors (Lipinski definition) is 2. The van der Waals surface area contributed by atoms with Gasteiger partial charge in [-0.1, -0.05) is 19.4 Å². The highest BCUT2D eigenvalue weighted by atomic mass is 32.2. The molecule has 1 atom stereocenters. The molecule has 2 N–H and O–H groups in total. The Hall–Kier alpha value is -1.91. The van der Waals surface area contributed by atoms with Gasteiger partial charge < -0.3 is 5.11 Å². The van der Waals surface area contributed by atoms with Gasteiger partial charge in [-0.3, -0.25) is 4.79 Å². The molecule has 102 valence electrons. The van der Waals surface area contributed by atoms with Crippen LogP contribution in [0.25, 0.3) is 0 Å². The van der Waals surface area contributed by atoms with Crippen molar-refractivity contribution < 1.29 is 18.3 Å². The topological polar surface area (TPSA) is 107 Å². The maximum Gasteiger partial charge on any atom is 0.321 e. The van der Waals surface area contributed by atoms with Crippen LogP contribution in [0.4, 0.5) is 0 Å². The molecule has 0 fully saturated rings. The highest BCUT2D eigenvalue weighted by molar-refractivity contribution is 7.89. The lowest BCUT2D eigenvalue weighted by atomic mass is 10.2. The van der Waals surface area contributed by atoms with Crippen molar-refractivity contribution in [3.63, 3.8) is 0 Å². The molecular formula is C12H14N2O4S. The largest absolute Gasteiger partial charge is 0.480 e. The van der Waals surface area contributed by atoms with Crippen LogP contribution < -0.4 is 4.72 Å². The Bertz CT molecular complexity index is 604. The molecule has 0 heterocycles. The second kappa shape index (κ2) is 6.31. The van der Waals surface area contributed by atoms with Gasteiger partial charge in [0.15, 0.2) is 0 Å². The number of benzene rings is 1. The number of rotatable bonds is 6. The molecule has 0 aromatic heterocycles.